The van der Waals surface area contributed by atoms with Crippen molar-refractivity contribution in [3.8, 4) is 32.7 Å². The summed E-state index contributed by atoms with van der Waals surface area (Å²) in [5.74, 6) is -43.0. The highest BCUT2D eigenvalue weighted by Gasteiger charge is 2.36. The first-order valence-corrected chi connectivity index (χ1v) is 14.1. The first-order valence-electron chi connectivity index (χ1n) is 13.3. The molecule has 4 aromatic carbocycles. The molecular formula is C32H12F18S. The van der Waals surface area contributed by atoms with Gasteiger partial charge in [-0.05, 0) is 38.8 Å². The lowest BCUT2D eigenvalue weighted by Gasteiger charge is -2.15. The fourth-order valence-electron chi connectivity index (χ4n) is 4.64. The number of hydrogen-bond acceptors (Lipinski definition) is 1. The van der Waals surface area contributed by atoms with E-state index in [9.17, 15) is 79.0 Å². The van der Waals surface area contributed by atoms with Crippen LogP contribution in [-0.4, -0.2) is 0 Å². The first-order chi connectivity index (χ1) is 23.5. The summed E-state index contributed by atoms with van der Waals surface area (Å²) in [6.45, 7) is 5.46. The Bertz CT molecular complexity index is 2100. The van der Waals surface area contributed by atoms with Crippen molar-refractivity contribution >= 4 is 11.3 Å². The molecule has 0 bridgehead atoms. The van der Waals surface area contributed by atoms with Crippen molar-refractivity contribution in [1.82, 2.24) is 0 Å². The second kappa shape index (κ2) is 13.8. The molecule has 0 nitrogen and oxygen atoms in total. The largest absolute Gasteiger partial charge is 0.203 e. The Hall–Kier alpha value is -4.68. The summed E-state index contributed by atoms with van der Waals surface area (Å²) in [4.78, 5) is 0.530. The molecule has 51 heavy (non-hydrogen) atoms. The summed E-state index contributed by atoms with van der Waals surface area (Å²) in [6, 6.07) is 0. The van der Waals surface area contributed by atoms with Gasteiger partial charge < -0.3 is 0 Å². The quantitative estimate of drug-likeness (QED) is 0.0974. The maximum absolute atomic E-state index is 14.7. The number of thiophene rings is 1. The van der Waals surface area contributed by atoms with Gasteiger partial charge >= 0.3 is 0 Å². The van der Waals surface area contributed by atoms with Crippen LogP contribution in [0.2, 0.25) is 0 Å². The van der Waals surface area contributed by atoms with Gasteiger partial charge in [-0.15, -0.1) is 11.3 Å². The zero-order chi connectivity index (χ0) is 38.9. The van der Waals surface area contributed by atoms with Gasteiger partial charge in [0, 0.05) is 15.3 Å². The van der Waals surface area contributed by atoms with Crippen molar-refractivity contribution in [2.45, 2.75) is 27.7 Å². The molecule has 0 atom stereocenters. The van der Waals surface area contributed by atoms with Crippen LogP contribution in [0.3, 0.4) is 0 Å². The molecule has 0 N–H and O–H groups in total. The van der Waals surface area contributed by atoms with Crippen molar-refractivity contribution in [1.29, 1.82) is 0 Å². The minimum Gasteiger partial charge on any atom is -0.203 e. The van der Waals surface area contributed by atoms with E-state index in [4.69, 9.17) is 0 Å². The van der Waals surface area contributed by atoms with Gasteiger partial charge in [0.05, 0.1) is 27.8 Å². The normalized spacial score (nSPS) is 11.3. The van der Waals surface area contributed by atoms with Gasteiger partial charge in [0.1, 0.15) is 0 Å². The van der Waals surface area contributed by atoms with E-state index in [0.717, 1.165) is 11.3 Å². The summed E-state index contributed by atoms with van der Waals surface area (Å²) < 4.78 is 246. The molecular weight excluding hydrogens is 758 g/mol. The zero-order valence-electron chi connectivity index (χ0n) is 25.2. The highest BCUT2D eigenvalue weighted by atomic mass is 32.1. The highest BCUT2D eigenvalue weighted by molar-refractivity contribution is 7.15. The Morgan fingerprint density at radius 2 is 0.451 bits per heavy atom. The van der Waals surface area contributed by atoms with Crippen LogP contribution in [0.25, 0.3) is 32.7 Å². The molecule has 0 spiro atoms. The number of benzene rings is 4. The summed E-state index contributed by atoms with van der Waals surface area (Å²) in [6.07, 6.45) is 0. The Morgan fingerprint density at radius 1 is 0.235 bits per heavy atom. The molecule has 5 aromatic rings. The Morgan fingerprint density at radius 3 is 0.706 bits per heavy atom. The van der Waals surface area contributed by atoms with E-state index in [1.54, 1.807) is 13.8 Å². The highest BCUT2D eigenvalue weighted by Crippen LogP contribution is 2.44. The summed E-state index contributed by atoms with van der Waals surface area (Å²) in [5.41, 5.74) is -9.37. The van der Waals surface area contributed by atoms with Crippen LogP contribution >= 0.6 is 11.3 Å². The standard InChI is InChI=1S/C20H12F8S.C12F10/c1-5-6(2)20(29-8(5)4)11-18(27)16(25)10(17(26)19(11)28)9-14(23)12(21)7(3)13(22)15(9)24;13-3-1(4(14)8(18)11(21)7(3)17)2-5(15)9(19)12(22)10(20)6(2)16/h1-4H3;. The van der Waals surface area contributed by atoms with Crippen LogP contribution in [-0.2, 0) is 0 Å². The molecule has 272 valence electrons. The first kappa shape index (κ1) is 39.1. The third-order valence-electron chi connectivity index (χ3n) is 7.58. The van der Waals surface area contributed by atoms with Crippen LogP contribution in [0, 0.1) is 132 Å². The Balaban J connectivity index is 0.000000238. The number of aryl methyl sites for hydroxylation is 1. The van der Waals surface area contributed by atoms with E-state index >= 15 is 0 Å². The third kappa shape index (κ3) is 5.97. The van der Waals surface area contributed by atoms with Crippen LogP contribution in [0.4, 0.5) is 79.0 Å². The van der Waals surface area contributed by atoms with Gasteiger partial charge in [-0.1, -0.05) is 0 Å². The van der Waals surface area contributed by atoms with Gasteiger partial charge in [-0.2, -0.15) is 0 Å². The van der Waals surface area contributed by atoms with Gasteiger partial charge in [0.15, 0.2) is 93.1 Å². The molecule has 0 aliphatic heterocycles. The molecule has 0 saturated heterocycles. The van der Waals surface area contributed by atoms with Crippen molar-refractivity contribution in [3.63, 3.8) is 0 Å². The Kier molecular flexibility index (Phi) is 10.6. The maximum atomic E-state index is 14.7. The summed E-state index contributed by atoms with van der Waals surface area (Å²) >= 11 is 0.873. The average molecular weight is 770 g/mol. The van der Waals surface area contributed by atoms with Gasteiger partial charge in [-0.3, -0.25) is 0 Å². The molecule has 19 heteroatoms. The van der Waals surface area contributed by atoms with Crippen LogP contribution in [0.1, 0.15) is 21.6 Å². The lowest BCUT2D eigenvalue weighted by Crippen LogP contribution is -2.10. The molecule has 5 rings (SSSR count). The minimum atomic E-state index is -2.68. The van der Waals surface area contributed by atoms with E-state index in [1.165, 1.54) is 6.92 Å². The van der Waals surface area contributed by atoms with Crippen molar-refractivity contribution in [2.75, 3.05) is 0 Å². The van der Waals surface area contributed by atoms with E-state index < -0.39 is 138 Å². The minimum absolute atomic E-state index is 0.110. The molecule has 0 aliphatic carbocycles. The molecule has 0 unspecified atom stereocenters. The second-order valence-corrected chi connectivity index (χ2v) is 11.6. The summed E-state index contributed by atoms with van der Waals surface area (Å²) in [5, 5.41) is 0. The van der Waals surface area contributed by atoms with E-state index in [2.05, 4.69) is 0 Å². The SMILES string of the molecule is Cc1sc(-c2c(F)c(F)c(-c3c(F)c(F)c(C)c(F)c3F)c(F)c2F)c(C)c1C.Fc1c(F)c(F)c(-c2c(F)c(F)c(F)c(F)c2F)c(F)c1F. The van der Waals surface area contributed by atoms with Gasteiger partial charge in [-0.25, -0.2) is 79.0 Å². The second-order valence-electron chi connectivity index (χ2n) is 10.4. The number of halogens is 18. The predicted molar refractivity (Wildman–Crippen MR) is 145 cm³/mol. The molecule has 0 fully saturated rings. The molecule has 0 radical (unpaired) electrons. The lowest BCUT2D eigenvalue weighted by molar-refractivity contribution is 0.370. The number of hydrogen-bond donors (Lipinski definition) is 0. The average Bonchev–Trinajstić information content (AvgIpc) is 3.35. The van der Waals surface area contributed by atoms with Crippen LogP contribution < -0.4 is 0 Å². The van der Waals surface area contributed by atoms with E-state index in [-0.39, 0.29) is 4.88 Å². The maximum Gasteiger partial charge on any atom is 0.200 e. The predicted octanol–water partition coefficient (Wildman–Crippen LogP) is 12.2. The topological polar surface area (TPSA) is 0 Å². The Labute approximate surface area is 277 Å². The number of rotatable bonds is 3. The fourth-order valence-corrected chi connectivity index (χ4v) is 5.84. The fraction of sp³-hybridized carbons (Fsp3) is 0.125. The molecule has 1 aromatic heterocycles. The van der Waals surface area contributed by atoms with Crippen LogP contribution in [0.15, 0.2) is 0 Å². The van der Waals surface area contributed by atoms with E-state index in [1.807, 2.05) is 0 Å². The van der Waals surface area contributed by atoms with Crippen molar-refractivity contribution in [3.05, 3.63) is 126 Å². The molecule has 0 aliphatic rings. The molecule has 1 heterocycles. The van der Waals surface area contributed by atoms with Crippen LogP contribution in [0.5, 0.6) is 0 Å². The van der Waals surface area contributed by atoms with Crippen molar-refractivity contribution in [2.24, 2.45) is 0 Å². The molecule has 0 saturated carbocycles. The smallest absolute Gasteiger partial charge is 0.200 e. The summed E-state index contributed by atoms with van der Waals surface area (Å²) in [7, 11) is 0. The van der Waals surface area contributed by atoms with Gasteiger partial charge in [0.25, 0.3) is 0 Å². The van der Waals surface area contributed by atoms with Crippen molar-refractivity contribution < 1.29 is 79.0 Å². The van der Waals surface area contributed by atoms with Gasteiger partial charge in [0.2, 0.25) is 11.6 Å². The third-order valence-corrected chi connectivity index (χ3v) is 8.91. The molecule has 0 amide bonds. The van der Waals surface area contributed by atoms with E-state index in [0.29, 0.717) is 22.9 Å². The zero-order valence-corrected chi connectivity index (χ0v) is 26.0. The lowest BCUT2D eigenvalue weighted by atomic mass is 9.96. The monoisotopic (exact) mass is 770 g/mol.